The number of aromatic amines is 1. The number of rotatable bonds is 1. The first-order chi connectivity index (χ1) is 8.58. The fraction of sp³-hybridized carbons (Fsp3) is 0.0833. The van der Waals surface area contributed by atoms with Gasteiger partial charge in [0.05, 0.1) is 28.2 Å². The Morgan fingerprint density at radius 1 is 1.39 bits per heavy atom. The van der Waals surface area contributed by atoms with Crippen LogP contribution in [0.2, 0.25) is 0 Å². The molecule has 0 spiro atoms. The van der Waals surface area contributed by atoms with Crippen LogP contribution in [0.4, 0.5) is 0 Å². The summed E-state index contributed by atoms with van der Waals surface area (Å²) in [7, 11) is 1.74. The van der Waals surface area contributed by atoms with Crippen LogP contribution in [0.15, 0.2) is 29.2 Å². The summed E-state index contributed by atoms with van der Waals surface area (Å²) in [5.41, 5.74) is 1.06. The lowest BCUT2D eigenvalue weighted by Crippen LogP contribution is -2.07. The third kappa shape index (κ3) is 1.32. The van der Waals surface area contributed by atoms with Crippen LogP contribution in [-0.2, 0) is 7.05 Å². The highest BCUT2D eigenvalue weighted by molar-refractivity contribution is 6.05. The molecule has 6 nitrogen and oxygen atoms in total. The zero-order valence-electron chi connectivity index (χ0n) is 9.47. The number of carboxylic acids is 1. The molecule has 3 aromatic rings. The summed E-state index contributed by atoms with van der Waals surface area (Å²) in [6.45, 7) is 0. The van der Waals surface area contributed by atoms with Gasteiger partial charge in [-0.2, -0.15) is 5.10 Å². The van der Waals surface area contributed by atoms with E-state index >= 15 is 0 Å². The summed E-state index contributed by atoms with van der Waals surface area (Å²) in [5.74, 6) is -1.03. The number of hydrogen-bond donors (Lipinski definition) is 2. The Morgan fingerprint density at radius 3 is 2.89 bits per heavy atom. The lowest BCUT2D eigenvalue weighted by atomic mass is 10.1. The number of aromatic carboxylic acids is 1. The van der Waals surface area contributed by atoms with Crippen LogP contribution in [0.25, 0.3) is 21.8 Å². The van der Waals surface area contributed by atoms with E-state index in [-0.39, 0.29) is 11.1 Å². The predicted octanol–water partition coefficient (Wildman–Crippen LogP) is 1.11. The molecule has 2 N–H and O–H groups in total. The third-order valence-corrected chi connectivity index (χ3v) is 2.95. The summed E-state index contributed by atoms with van der Waals surface area (Å²) in [4.78, 5) is 25.4. The molecule has 2 heterocycles. The lowest BCUT2D eigenvalue weighted by Gasteiger charge is -2.03. The molecule has 90 valence electrons. The Labute approximate surface area is 100 Å². The van der Waals surface area contributed by atoms with E-state index in [1.807, 2.05) is 0 Å². The zero-order valence-corrected chi connectivity index (χ0v) is 9.47. The van der Waals surface area contributed by atoms with Crippen molar-refractivity contribution in [1.82, 2.24) is 14.8 Å². The van der Waals surface area contributed by atoms with Crippen molar-refractivity contribution in [3.8, 4) is 0 Å². The molecule has 0 atom stereocenters. The van der Waals surface area contributed by atoms with Gasteiger partial charge in [0.25, 0.3) is 5.56 Å². The second-order valence-corrected chi connectivity index (χ2v) is 4.05. The molecule has 1 aromatic carbocycles. The number of nitrogens with one attached hydrogen (secondary N) is 1. The summed E-state index contributed by atoms with van der Waals surface area (Å²) in [6, 6.07) is 4.64. The number of nitrogens with zero attached hydrogens (tertiary/aromatic N) is 2. The van der Waals surface area contributed by atoms with Crippen molar-refractivity contribution in [2.75, 3.05) is 0 Å². The number of benzene rings is 1. The summed E-state index contributed by atoms with van der Waals surface area (Å²) in [5, 5.41) is 14.2. The number of aromatic nitrogens is 3. The first-order valence-corrected chi connectivity index (χ1v) is 5.29. The van der Waals surface area contributed by atoms with Gasteiger partial charge in [0.2, 0.25) is 0 Å². The van der Waals surface area contributed by atoms with E-state index in [2.05, 4.69) is 10.1 Å². The van der Waals surface area contributed by atoms with E-state index < -0.39 is 5.97 Å². The molecule has 3 rings (SSSR count). The Balaban J connectivity index is 2.53. The van der Waals surface area contributed by atoms with E-state index in [0.717, 1.165) is 5.39 Å². The zero-order chi connectivity index (χ0) is 12.9. The van der Waals surface area contributed by atoms with Gasteiger partial charge in [-0.25, -0.2) is 4.79 Å². The molecule has 0 fully saturated rings. The minimum atomic E-state index is -1.03. The number of aryl methyl sites for hydroxylation is 1. The average molecular weight is 243 g/mol. The summed E-state index contributed by atoms with van der Waals surface area (Å²) < 4.78 is 1.60. The van der Waals surface area contributed by atoms with E-state index in [4.69, 9.17) is 5.11 Å². The molecule has 0 radical (unpaired) electrons. The van der Waals surface area contributed by atoms with Crippen LogP contribution in [0.1, 0.15) is 10.4 Å². The van der Waals surface area contributed by atoms with Gasteiger partial charge in [-0.05, 0) is 18.2 Å². The van der Waals surface area contributed by atoms with Crippen molar-refractivity contribution in [2.45, 2.75) is 0 Å². The molecular weight excluding hydrogens is 234 g/mol. The standard InChI is InChI=1S/C12H9N3O3/c1-15-10-7-3-2-6(12(17)18)4-9(7)14-11(16)8(10)5-13-15/h2-5H,1H3,(H,14,16)(H,17,18). The molecule has 0 saturated heterocycles. The fourth-order valence-electron chi connectivity index (χ4n) is 2.10. The topological polar surface area (TPSA) is 88.0 Å². The molecule has 0 amide bonds. The Kier molecular flexibility index (Phi) is 2.00. The molecule has 2 aromatic heterocycles. The van der Waals surface area contributed by atoms with Crippen LogP contribution >= 0.6 is 0 Å². The van der Waals surface area contributed by atoms with Gasteiger partial charge in [-0.1, -0.05) is 0 Å². The van der Waals surface area contributed by atoms with Crippen LogP contribution < -0.4 is 5.56 Å². The highest BCUT2D eigenvalue weighted by Crippen LogP contribution is 2.21. The SMILES string of the molecule is Cn1ncc2c(=O)[nH]c3cc(C(=O)O)ccc3c21. The van der Waals surface area contributed by atoms with Gasteiger partial charge in [0.1, 0.15) is 0 Å². The maximum absolute atomic E-state index is 11.8. The number of H-pyrrole nitrogens is 1. The minimum Gasteiger partial charge on any atom is -0.478 e. The third-order valence-electron chi connectivity index (χ3n) is 2.95. The maximum Gasteiger partial charge on any atom is 0.335 e. The Hall–Kier alpha value is -2.63. The highest BCUT2D eigenvalue weighted by atomic mass is 16.4. The maximum atomic E-state index is 11.8. The van der Waals surface area contributed by atoms with Crippen LogP contribution in [0.3, 0.4) is 0 Å². The average Bonchev–Trinajstić information content (AvgIpc) is 2.72. The molecule has 18 heavy (non-hydrogen) atoms. The Bertz CT molecular complexity index is 845. The highest BCUT2D eigenvalue weighted by Gasteiger charge is 2.11. The van der Waals surface area contributed by atoms with E-state index in [1.165, 1.54) is 18.3 Å². The molecule has 0 aliphatic carbocycles. The summed E-state index contributed by atoms with van der Waals surface area (Å²) >= 11 is 0. The molecule has 6 heteroatoms. The molecule has 0 unspecified atom stereocenters. The number of fused-ring (bicyclic) bond motifs is 3. The van der Waals surface area contributed by atoms with Gasteiger partial charge in [-0.3, -0.25) is 9.48 Å². The quantitative estimate of drug-likeness (QED) is 0.670. The van der Waals surface area contributed by atoms with Gasteiger partial charge >= 0.3 is 5.97 Å². The van der Waals surface area contributed by atoms with Crippen molar-refractivity contribution in [1.29, 1.82) is 0 Å². The van der Waals surface area contributed by atoms with Gasteiger partial charge in [0, 0.05) is 12.4 Å². The van der Waals surface area contributed by atoms with E-state index in [0.29, 0.717) is 16.4 Å². The Morgan fingerprint density at radius 2 is 2.17 bits per heavy atom. The number of pyridine rings is 1. The van der Waals surface area contributed by atoms with Crippen LogP contribution in [0, 0.1) is 0 Å². The van der Waals surface area contributed by atoms with E-state index in [1.54, 1.807) is 17.8 Å². The van der Waals surface area contributed by atoms with E-state index in [9.17, 15) is 9.59 Å². The molecule has 0 aliphatic heterocycles. The van der Waals surface area contributed by atoms with Crippen molar-refractivity contribution >= 4 is 27.8 Å². The first kappa shape index (κ1) is 10.5. The monoisotopic (exact) mass is 243 g/mol. The normalized spacial score (nSPS) is 11.2. The van der Waals surface area contributed by atoms with Gasteiger partial charge in [-0.15, -0.1) is 0 Å². The van der Waals surface area contributed by atoms with Crippen LogP contribution in [0.5, 0.6) is 0 Å². The molecule has 0 aliphatic rings. The fourth-order valence-corrected chi connectivity index (χ4v) is 2.10. The number of carboxylic acid groups (broad SMARTS) is 1. The van der Waals surface area contributed by atoms with Gasteiger partial charge < -0.3 is 10.1 Å². The number of carbonyl (C=O) groups is 1. The van der Waals surface area contributed by atoms with Crippen molar-refractivity contribution in [2.24, 2.45) is 7.05 Å². The lowest BCUT2D eigenvalue weighted by molar-refractivity contribution is 0.0697. The number of hydrogen-bond acceptors (Lipinski definition) is 3. The van der Waals surface area contributed by atoms with Crippen molar-refractivity contribution in [3.63, 3.8) is 0 Å². The molecular formula is C12H9N3O3. The second-order valence-electron chi connectivity index (χ2n) is 4.05. The largest absolute Gasteiger partial charge is 0.478 e. The van der Waals surface area contributed by atoms with Crippen molar-refractivity contribution in [3.05, 3.63) is 40.3 Å². The predicted molar refractivity (Wildman–Crippen MR) is 65.8 cm³/mol. The minimum absolute atomic E-state index is 0.139. The second kappa shape index (κ2) is 3.43. The summed E-state index contributed by atoms with van der Waals surface area (Å²) in [6.07, 6.45) is 1.50. The molecule has 0 bridgehead atoms. The van der Waals surface area contributed by atoms with Crippen molar-refractivity contribution < 1.29 is 9.90 Å². The smallest absolute Gasteiger partial charge is 0.335 e. The molecule has 0 saturated carbocycles. The van der Waals surface area contributed by atoms with Crippen LogP contribution in [-0.4, -0.2) is 25.8 Å². The first-order valence-electron chi connectivity index (χ1n) is 5.29. The van der Waals surface area contributed by atoms with Gasteiger partial charge in [0.15, 0.2) is 0 Å².